The van der Waals surface area contributed by atoms with Crippen molar-refractivity contribution in [3.8, 4) is 0 Å². The van der Waals surface area contributed by atoms with Crippen molar-refractivity contribution in [3.63, 3.8) is 0 Å². The van der Waals surface area contributed by atoms with Crippen molar-refractivity contribution >= 4 is 11.9 Å². The number of rotatable bonds is 4. The van der Waals surface area contributed by atoms with E-state index in [1.807, 2.05) is 0 Å². The first-order valence-electron chi connectivity index (χ1n) is 5.48. The van der Waals surface area contributed by atoms with E-state index in [9.17, 15) is 9.59 Å². The smallest absolute Gasteiger partial charge is 0.359 e. The lowest BCUT2D eigenvalue weighted by atomic mass is 10.1. The number of ether oxygens (including phenoxy) is 1. The highest BCUT2D eigenvalue weighted by atomic mass is 16.5. The predicted molar refractivity (Wildman–Crippen MR) is 57.6 cm³/mol. The number of carboxylic acid groups (broad SMARTS) is 1. The molecule has 17 heavy (non-hydrogen) atoms. The number of aliphatic carboxylic acids is 1. The van der Waals surface area contributed by atoms with E-state index >= 15 is 0 Å². The van der Waals surface area contributed by atoms with Crippen LogP contribution in [0.3, 0.4) is 0 Å². The average Bonchev–Trinajstić information content (AvgIpc) is 2.96. The van der Waals surface area contributed by atoms with Crippen LogP contribution in [0.1, 0.15) is 35.3 Å². The summed E-state index contributed by atoms with van der Waals surface area (Å²) in [6.45, 7) is 2.00. The van der Waals surface area contributed by atoms with Crippen molar-refractivity contribution in [1.82, 2.24) is 9.78 Å². The summed E-state index contributed by atoms with van der Waals surface area (Å²) in [7, 11) is 1.70. The topological polar surface area (TPSA) is 81.4 Å². The SMILES string of the molecule is CCOC(=O)c1nn(C)cc1[C@@H]1C[C@H]1C(=O)O. The van der Waals surface area contributed by atoms with Gasteiger partial charge >= 0.3 is 11.9 Å². The molecule has 0 radical (unpaired) electrons. The third-order valence-corrected chi connectivity index (χ3v) is 2.83. The molecule has 2 atom stereocenters. The van der Waals surface area contributed by atoms with Crippen LogP contribution in [-0.2, 0) is 16.6 Å². The highest BCUT2D eigenvalue weighted by Gasteiger charge is 2.47. The number of aryl methyl sites for hydroxylation is 1. The number of aromatic nitrogens is 2. The van der Waals surface area contributed by atoms with Gasteiger partial charge in [-0.2, -0.15) is 5.10 Å². The largest absolute Gasteiger partial charge is 0.481 e. The molecule has 0 aromatic carbocycles. The molecule has 6 heteroatoms. The summed E-state index contributed by atoms with van der Waals surface area (Å²) >= 11 is 0. The highest BCUT2D eigenvalue weighted by molar-refractivity contribution is 5.90. The van der Waals surface area contributed by atoms with Crippen molar-refractivity contribution in [2.24, 2.45) is 13.0 Å². The molecule has 1 saturated carbocycles. The zero-order valence-corrected chi connectivity index (χ0v) is 9.71. The lowest BCUT2D eigenvalue weighted by Gasteiger charge is -2.00. The first kappa shape index (κ1) is 11.6. The summed E-state index contributed by atoms with van der Waals surface area (Å²) in [5.74, 6) is -1.82. The molecule has 0 aliphatic heterocycles. The van der Waals surface area contributed by atoms with E-state index in [0.29, 0.717) is 12.0 Å². The second kappa shape index (κ2) is 4.20. The van der Waals surface area contributed by atoms with Gasteiger partial charge in [-0.15, -0.1) is 0 Å². The Kier molecular flexibility index (Phi) is 2.87. The first-order valence-corrected chi connectivity index (χ1v) is 5.48. The summed E-state index contributed by atoms with van der Waals surface area (Å²) in [6, 6.07) is 0. The number of carbonyl (C=O) groups is 2. The Labute approximate surface area is 98.2 Å². The molecule has 1 fully saturated rings. The number of nitrogens with zero attached hydrogens (tertiary/aromatic N) is 2. The number of hydrogen-bond acceptors (Lipinski definition) is 4. The van der Waals surface area contributed by atoms with E-state index in [2.05, 4.69) is 5.10 Å². The molecule has 92 valence electrons. The van der Waals surface area contributed by atoms with Crippen LogP contribution in [0.15, 0.2) is 6.20 Å². The molecular formula is C11H14N2O4. The van der Waals surface area contributed by atoms with Gasteiger partial charge in [-0.3, -0.25) is 9.48 Å². The maximum atomic E-state index is 11.6. The summed E-state index contributed by atoms with van der Waals surface area (Å²) in [4.78, 5) is 22.5. The quantitative estimate of drug-likeness (QED) is 0.784. The van der Waals surface area contributed by atoms with Crippen molar-refractivity contribution in [2.75, 3.05) is 6.61 Å². The molecule has 1 aliphatic carbocycles. The maximum absolute atomic E-state index is 11.6. The number of carboxylic acids is 1. The Morgan fingerprint density at radius 1 is 1.65 bits per heavy atom. The Morgan fingerprint density at radius 3 is 2.88 bits per heavy atom. The third kappa shape index (κ3) is 2.15. The van der Waals surface area contributed by atoms with Gasteiger partial charge in [-0.25, -0.2) is 4.79 Å². The zero-order valence-electron chi connectivity index (χ0n) is 9.71. The van der Waals surface area contributed by atoms with Crippen molar-refractivity contribution in [2.45, 2.75) is 19.3 Å². The average molecular weight is 238 g/mol. The highest BCUT2D eigenvalue weighted by Crippen LogP contribution is 2.48. The molecule has 0 bridgehead atoms. The van der Waals surface area contributed by atoms with Gasteiger partial charge < -0.3 is 9.84 Å². The minimum atomic E-state index is -0.825. The minimum absolute atomic E-state index is 0.111. The van der Waals surface area contributed by atoms with Crippen LogP contribution in [0.2, 0.25) is 0 Å². The van der Waals surface area contributed by atoms with Crippen LogP contribution in [0.25, 0.3) is 0 Å². The van der Waals surface area contributed by atoms with Gasteiger partial charge in [0.1, 0.15) is 0 Å². The van der Waals surface area contributed by atoms with Gasteiger partial charge in [0.15, 0.2) is 5.69 Å². The molecule has 1 heterocycles. The number of hydrogen-bond donors (Lipinski definition) is 1. The van der Waals surface area contributed by atoms with Gasteiger partial charge in [0.05, 0.1) is 12.5 Å². The Morgan fingerprint density at radius 2 is 2.35 bits per heavy atom. The van der Waals surface area contributed by atoms with E-state index in [1.165, 1.54) is 4.68 Å². The van der Waals surface area contributed by atoms with Crippen molar-refractivity contribution < 1.29 is 19.4 Å². The maximum Gasteiger partial charge on any atom is 0.359 e. The van der Waals surface area contributed by atoms with Crippen LogP contribution in [0.4, 0.5) is 0 Å². The lowest BCUT2D eigenvalue weighted by Crippen LogP contribution is -2.09. The lowest BCUT2D eigenvalue weighted by molar-refractivity contribution is -0.138. The molecule has 1 aromatic heterocycles. The molecule has 0 spiro atoms. The summed E-state index contributed by atoms with van der Waals surface area (Å²) in [5, 5.41) is 12.9. The molecule has 0 amide bonds. The molecular weight excluding hydrogens is 224 g/mol. The van der Waals surface area contributed by atoms with Crippen LogP contribution >= 0.6 is 0 Å². The molecule has 6 nitrogen and oxygen atoms in total. The van der Waals surface area contributed by atoms with Gasteiger partial charge in [-0.1, -0.05) is 0 Å². The number of carbonyl (C=O) groups excluding carboxylic acids is 1. The fourth-order valence-corrected chi connectivity index (χ4v) is 1.95. The Bertz CT molecular complexity index is 466. The Hall–Kier alpha value is -1.85. The van der Waals surface area contributed by atoms with Crippen LogP contribution in [0.5, 0.6) is 0 Å². The summed E-state index contributed by atoms with van der Waals surface area (Å²) in [6.07, 6.45) is 2.26. The Balaban J connectivity index is 2.23. The molecule has 1 aromatic rings. The van der Waals surface area contributed by atoms with Gasteiger partial charge in [0, 0.05) is 24.7 Å². The van der Waals surface area contributed by atoms with Gasteiger partial charge in [0.25, 0.3) is 0 Å². The second-order valence-corrected chi connectivity index (χ2v) is 4.11. The number of esters is 1. The second-order valence-electron chi connectivity index (χ2n) is 4.11. The first-order chi connectivity index (χ1) is 8.04. The van der Waals surface area contributed by atoms with Crippen molar-refractivity contribution in [3.05, 3.63) is 17.5 Å². The standard InChI is InChI=1S/C11H14N2O4/c1-3-17-11(16)9-8(5-13(2)12-9)6-4-7(6)10(14)15/h5-7H,3-4H2,1-2H3,(H,14,15)/t6-,7-/m1/s1. The molecule has 1 N–H and O–H groups in total. The van der Waals surface area contributed by atoms with Crippen LogP contribution in [0, 0.1) is 5.92 Å². The monoisotopic (exact) mass is 238 g/mol. The summed E-state index contributed by atoms with van der Waals surface area (Å²) < 4.78 is 6.41. The fraction of sp³-hybridized carbons (Fsp3) is 0.545. The van der Waals surface area contributed by atoms with Gasteiger partial charge in [-0.05, 0) is 13.3 Å². The van der Waals surface area contributed by atoms with Crippen LogP contribution in [-0.4, -0.2) is 33.4 Å². The molecule has 0 unspecified atom stereocenters. The third-order valence-electron chi connectivity index (χ3n) is 2.83. The minimum Gasteiger partial charge on any atom is -0.481 e. The normalized spacial score (nSPS) is 22.2. The molecule has 2 rings (SSSR count). The van der Waals surface area contributed by atoms with E-state index in [4.69, 9.17) is 9.84 Å². The van der Waals surface area contributed by atoms with E-state index in [0.717, 1.165) is 0 Å². The molecule has 0 saturated heterocycles. The fourth-order valence-electron chi connectivity index (χ4n) is 1.95. The summed E-state index contributed by atoms with van der Waals surface area (Å²) in [5.41, 5.74) is 0.918. The predicted octanol–water partition coefficient (Wildman–Crippen LogP) is 0.785. The van der Waals surface area contributed by atoms with Crippen molar-refractivity contribution in [1.29, 1.82) is 0 Å². The van der Waals surface area contributed by atoms with E-state index in [1.54, 1.807) is 20.2 Å². The molecule has 1 aliphatic rings. The zero-order chi connectivity index (χ0) is 12.6. The van der Waals surface area contributed by atoms with Gasteiger partial charge in [0.2, 0.25) is 0 Å². The van der Waals surface area contributed by atoms with E-state index in [-0.39, 0.29) is 18.2 Å². The van der Waals surface area contributed by atoms with Crippen LogP contribution < -0.4 is 0 Å². The van der Waals surface area contributed by atoms with E-state index < -0.39 is 17.9 Å².